The number of hydrogen-bond donors (Lipinski definition) is 0. The number of ether oxygens (including phenoxy) is 1. The molecule has 112 valence electrons. The summed E-state index contributed by atoms with van der Waals surface area (Å²) in [6.07, 6.45) is 1.84. The highest BCUT2D eigenvalue weighted by Gasteiger charge is 2.55. The van der Waals surface area contributed by atoms with E-state index in [2.05, 4.69) is 54.1 Å². The molecule has 1 aromatic carbocycles. The molecule has 1 fully saturated rings. The third kappa shape index (κ3) is 2.25. The molecule has 0 aliphatic carbocycles. The normalized spacial score (nSPS) is 25.5. The van der Waals surface area contributed by atoms with Crippen LogP contribution in [0, 0.1) is 0 Å². The van der Waals surface area contributed by atoms with Gasteiger partial charge in [-0.15, -0.1) is 0 Å². The number of pyridine rings is 1. The molecule has 0 radical (unpaired) electrons. The zero-order valence-electron chi connectivity index (χ0n) is 12.8. The number of aliphatic imine (C=N–C) groups is 1. The summed E-state index contributed by atoms with van der Waals surface area (Å²) in [5.41, 5.74) is 2.11. The van der Waals surface area contributed by atoms with Gasteiger partial charge in [0.25, 0.3) is 0 Å². The van der Waals surface area contributed by atoms with Crippen molar-refractivity contribution in [1.29, 1.82) is 0 Å². The summed E-state index contributed by atoms with van der Waals surface area (Å²) in [7, 11) is 0. The first-order valence-electron chi connectivity index (χ1n) is 7.63. The van der Waals surface area contributed by atoms with Crippen LogP contribution in [0.4, 0.5) is 5.69 Å². The Morgan fingerprint density at radius 3 is 2.45 bits per heavy atom. The van der Waals surface area contributed by atoms with Crippen LogP contribution in [0.1, 0.15) is 25.6 Å². The average molecular weight is 293 g/mol. The van der Waals surface area contributed by atoms with Crippen LogP contribution in [0.3, 0.4) is 0 Å². The molecule has 4 heteroatoms. The van der Waals surface area contributed by atoms with Crippen molar-refractivity contribution in [2.45, 2.75) is 31.5 Å². The highest BCUT2D eigenvalue weighted by molar-refractivity contribution is 5.94. The Hall–Kier alpha value is -2.36. The van der Waals surface area contributed by atoms with Crippen LogP contribution in [0.5, 0.6) is 0 Å². The van der Waals surface area contributed by atoms with Crippen molar-refractivity contribution in [2.75, 3.05) is 11.5 Å². The van der Waals surface area contributed by atoms with E-state index >= 15 is 0 Å². The lowest BCUT2D eigenvalue weighted by Crippen LogP contribution is -2.17. The van der Waals surface area contributed by atoms with Crippen LogP contribution in [0.25, 0.3) is 0 Å². The molecule has 4 nitrogen and oxygen atoms in total. The fraction of sp³-hybridized carbons (Fsp3) is 0.333. The van der Waals surface area contributed by atoms with Crippen LogP contribution >= 0.6 is 0 Å². The van der Waals surface area contributed by atoms with E-state index in [1.54, 1.807) is 0 Å². The molecular formula is C18H19N3O. The van der Waals surface area contributed by atoms with Gasteiger partial charge in [-0.1, -0.05) is 24.3 Å². The van der Waals surface area contributed by atoms with Gasteiger partial charge in [0, 0.05) is 11.9 Å². The van der Waals surface area contributed by atoms with Crippen LogP contribution in [-0.4, -0.2) is 29.1 Å². The van der Waals surface area contributed by atoms with Crippen LogP contribution < -0.4 is 4.90 Å². The molecule has 0 amide bonds. The van der Waals surface area contributed by atoms with Gasteiger partial charge in [-0.05, 0) is 38.1 Å². The Morgan fingerprint density at radius 2 is 1.82 bits per heavy atom. The number of anilines is 1. The van der Waals surface area contributed by atoms with E-state index in [1.807, 2.05) is 24.4 Å². The summed E-state index contributed by atoms with van der Waals surface area (Å²) in [6, 6.07) is 16.8. The smallest absolute Gasteiger partial charge is 0.210 e. The van der Waals surface area contributed by atoms with Gasteiger partial charge < -0.3 is 9.64 Å². The minimum absolute atomic E-state index is 0.130. The van der Waals surface area contributed by atoms with Crippen molar-refractivity contribution < 1.29 is 4.74 Å². The van der Waals surface area contributed by atoms with Crippen molar-refractivity contribution in [1.82, 2.24) is 4.98 Å². The Labute approximate surface area is 130 Å². The number of rotatable bonds is 3. The first kappa shape index (κ1) is 13.3. The lowest BCUT2D eigenvalue weighted by molar-refractivity contribution is 0.275. The maximum Gasteiger partial charge on any atom is 0.210 e. The van der Waals surface area contributed by atoms with E-state index in [1.165, 1.54) is 5.69 Å². The molecule has 0 bridgehead atoms. The first-order valence-corrected chi connectivity index (χ1v) is 7.63. The number of nitrogens with zero attached hydrogens (tertiary/aromatic N) is 3. The molecule has 0 saturated carbocycles. The predicted octanol–water partition coefficient (Wildman–Crippen LogP) is 3.22. The Kier molecular flexibility index (Phi) is 2.93. The highest BCUT2D eigenvalue weighted by atomic mass is 16.5. The summed E-state index contributed by atoms with van der Waals surface area (Å²) in [6.45, 7) is 4.85. The van der Waals surface area contributed by atoms with Gasteiger partial charge in [0.2, 0.25) is 5.90 Å². The average Bonchev–Trinajstić information content (AvgIpc) is 3.19. The number of benzene rings is 1. The molecule has 0 N–H and O–H groups in total. The third-order valence-electron chi connectivity index (χ3n) is 4.09. The zero-order valence-corrected chi connectivity index (χ0v) is 12.8. The SMILES string of the molecule is CC1(C)COC(C2C(c3ccccn3)N2c2ccccc2)=N1. The fourth-order valence-corrected chi connectivity index (χ4v) is 3.03. The summed E-state index contributed by atoms with van der Waals surface area (Å²) in [5, 5.41) is 0. The molecule has 3 heterocycles. The lowest BCUT2D eigenvalue weighted by Gasteiger charge is -2.07. The molecule has 22 heavy (non-hydrogen) atoms. The summed E-state index contributed by atoms with van der Waals surface area (Å²) in [4.78, 5) is 11.6. The van der Waals surface area contributed by atoms with E-state index in [-0.39, 0.29) is 17.6 Å². The zero-order chi connectivity index (χ0) is 15.2. The minimum Gasteiger partial charge on any atom is -0.477 e. The van der Waals surface area contributed by atoms with E-state index in [0.29, 0.717) is 6.61 Å². The Bertz CT molecular complexity index is 651. The first-order chi connectivity index (χ1) is 10.7. The van der Waals surface area contributed by atoms with Gasteiger partial charge >= 0.3 is 0 Å². The lowest BCUT2D eigenvalue weighted by atomic mass is 10.1. The maximum absolute atomic E-state index is 5.88. The predicted molar refractivity (Wildman–Crippen MR) is 87.2 cm³/mol. The second kappa shape index (κ2) is 4.83. The van der Waals surface area contributed by atoms with E-state index in [4.69, 9.17) is 9.73 Å². The van der Waals surface area contributed by atoms with Crippen molar-refractivity contribution >= 4 is 11.6 Å². The van der Waals surface area contributed by atoms with Crippen molar-refractivity contribution in [3.8, 4) is 0 Å². The van der Waals surface area contributed by atoms with E-state index in [9.17, 15) is 0 Å². The van der Waals surface area contributed by atoms with Crippen LogP contribution in [0.2, 0.25) is 0 Å². The highest BCUT2D eigenvalue weighted by Crippen LogP contribution is 2.48. The molecule has 0 spiro atoms. The molecular weight excluding hydrogens is 274 g/mol. The van der Waals surface area contributed by atoms with Gasteiger partial charge in [0.15, 0.2) is 0 Å². The fourth-order valence-electron chi connectivity index (χ4n) is 3.03. The third-order valence-corrected chi connectivity index (χ3v) is 4.09. The van der Waals surface area contributed by atoms with Crippen molar-refractivity contribution in [2.24, 2.45) is 4.99 Å². The van der Waals surface area contributed by atoms with Gasteiger partial charge in [-0.3, -0.25) is 4.98 Å². The molecule has 2 atom stereocenters. The van der Waals surface area contributed by atoms with Crippen molar-refractivity contribution in [3.05, 3.63) is 60.4 Å². The molecule has 2 unspecified atom stereocenters. The summed E-state index contributed by atoms with van der Waals surface area (Å²) < 4.78 is 5.88. The number of aromatic nitrogens is 1. The molecule has 2 aliphatic rings. The second-order valence-electron chi connectivity index (χ2n) is 6.44. The van der Waals surface area contributed by atoms with Crippen LogP contribution in [0.15, 0.2) is 59.7 Å². The quantitative estimate of drug-likeness (QED) is 0.815. The Morgan fingerprint density at radius 1 is 1.05 bits per heavy atom. The monoisotopic (exact) mass is 293 g/mol. The van der Waals surface area contributed by atoms with E-state index in [0.717, 1.165) is 11.6 Å². The number of hydrogen-bond acceptors (Lipinski definition) is 4. The van der Waals surface area contributed by atoms with E-state index < -0.39 is 0 Å². The summed E-state index contributed by atoms with van der Waals surface area (Å²) >= 11 is 0. The maximum atomic E-state index is 5.88. The van der Waals surface area contributed by atoms with Gasteiger partial charge in [-0.2, -0.15) is 0 Å². The largest absolute Gasteiger partial charge is 0.477 e. The molecule has 4 rings (SSSR count). The topological polar surface area (TPSA) is 37.5 Å². The molecule has 1 saturated heterocycles. The Balaban J connectivity index is 1.70. The summed E-state index contributed by atoms with van der Waals surface area (Å²) in [5.74, 6) is 0.838. The molecule has 2 aromatic rings. The standard InChI is InChI=1S/C18H19N3O/c1-18(2)12-22-17(20-18)16-15(14-10-6-7-11-19-14)21(16)13-8-4-3-5-9-13/h3-11,15-16H,12H2,1-2H3. The van der Waals surface area contributed by atoms with Gasteiger partial charge in [0.1, 0.15) is 18.7 Å². The van der Waals surface area contributed by atoms with Gasteiger partial charge in [-0.25, -0.2) is 4.99 Å². The van der Waals surface area contributed by atoms with Crippen molar-refractivity contribution in [3.63, 3.8) is 0 Å². The van der Waals surface area contributed by atoms with Gasteiger partial charge in [0.05, 0.1) is 11.2 Å². The molecule has 1 aromatic heterocycles. The van der Waals surface area contributed by atoms with Crippen LogP contribution in [-0.2, 0) is 4.74 Å². The minimum atomic E-state index is -0.130. The number of para-hydroxylation sites is 1. The second-order valence-corrected chi connectivity index (χ2v) is 6.44. The molecule has 2 aliphatic heterocycles.